The Balaban J connectivity index is 2.09. The maximum Gasteiger partial charge on any atom is 0.236 e. The fourth-order valence-corrected chi connectivity index (χ4v) is 1.98. The Kier molecular flexibility index (Phi) is 6.72. The zero-order valence-electron chi connectivity index (χ0n) is 11.4. The van der Waals surface area contributed by atoms with Crippen molar-refractivity contribution in [3.05, 3.63) is 0 Å². The van der Waals surface area contributed by atoms with Crippen LogP contribution >= 0.6 is 0 Å². The third-order valence-corrected chi connectivity index (χ3v) is 3.23. The maximum absolute atomic E-state index is 11.7. The number of carbonyl (C=O) groups excluding carboxylic acids is 2. The highest BCUT2D eigenvalue weighted by atomic mass is 16.2. The molecule has 0 aliphatic carbocycles. The van der Waals surface area contributed by atoms with Crippen molar-refractivity contribution in [2.45, 2.75) is 58.0 Å². The molecule has 0 aromatic heterocycles. The quantitative estimate of drug-likeness (QED) is 0.555. The summed E-state index contributed by atoms with van der Waals surface area (Å²) >= 11 is 0. The molecule has 0 saturated carbocycles. The summed E-state index contributed by atoms with van der Waals surface area (Å²) in [5.41, 5.74) is 0. The van der Waals surface area contributed by atoms with Gasteiger partial charge in [-0.2, -0.15) is 0 Å². The Morgan fingerprint density at radius 1 is 1.50 bits per heavy atom. The van der Waals surface area contributed by atoms with Gasteiger partial charge in [-0.25, -0.2) is 0 Å². The topological polar surface area (TPSA) is 70.2 Å². The Hall–Kier alpha value is -1.10. The standard InChI is InChI=1S/C13H25N3O2/c1-3-4-5-8-14-13(18)10(2)15-9-11-6-7-12(17)16-11/h10-11,15H,3-9H2,1-2H3,(H,14,18)(H,16,17). The number of nitrogens with one attached hydrogen (secondary N) is 3. The molecule has 2 amide bonds. The molecule has 2 unspecified atom stereocenters. The predicted molar refractivity (Wildman–Crippen MR) is 71.2 cm³/mol. The van der Waals surface area contributed by atoms with Gasteiger partial charge in [0.25, 0.3) is 0 Å². The lowest BCUT2D eigenvalue weighted by Crippen LogP contribution is -2.46. The number of carbonyl (C=O) groups is 2. The van der Waals surface area contributed by atoms with Gasteiger partial charge in [-0.1, -0.05) is 19.8 Å². The van der Waals surface area contributed by atoms with Crippen molar-refractivity contribution in [2.75, 3.05) is 13.1 Å². The van der Waals surface area contributed by atoms with E-state index >= 15 is 0 Å². The van der Waals surface area contributed by atoms with Crippen molar-refractivity contribution in [2.24, 2.45) is 0 Å². The highest BCUT2D eigenvalue weighted by molar-refractivity contribution is 5.81. The Morgan fingerprint density at radius 2 is 2.28 bits per heavy atom. The van der Waals surface area contributed by atoms with Crippen LogP contribution in [-0.4, -0.2) is 37.0 Å². The molecule has 1 aliphatic rings. The van der Waals surface area contributed by atoms with Gasteiger partial charge in [0.15, 0.2) is 0 Å². The molecule has 1 saturated heterocycles. The Labute approximate surface area is 109 Å². The number of unbranched alkanes of at least 4 members (excludes halogenated alkanes) is 2. The molecule has 1 heterocycles. The molecular formula is C13H25N3O2. The SMILES string of the molecule is CCCCCNC(=O)C(C)NCC1CCC(=O)N1. The van der Waals surface area contributed by atoms with Gasteiger partial charge in [0.1, 0.15) is 0 Å². The third-order valence-electron chi connectivity index (χ3n) is 3.23. The summed E-state index contributed by atoms with van der Waals surface area (Å²) in [5, 5.41) is 8.95. The van der Waals surface area contributed by atoms with Gasteiger partial charge in [-0.3, -0.25) is 9.59 Å². The second-order valence-electron chi connectivity index (χ2n) is 4.93. The first-order valence-electron chi connectivity index (χ1n) is 6.94. The number of amides is 2. The van der Waals surface area contributed by atoms with Gasteiger partial charge in [0, 0.05) is 25.6 Å². The molecule has 1 aliphatic heterocycles. The first kappa shape index (κ1) is 15.0. The van der Waals surface area contributed by atoms with Crippen LogP contribution in [0, 0.1) is 0 Å². The summed E-state index contributed by atoms with van der Waals surface area (Å²) in [6.45, 7) is 5.40. The van der Waals surface area contributed by atoms with E-state index in [9.17, 15) is 9.59 Å². The molecule has 0 spiro atoms. The van der Waals surface area contributed by atoms with E-state index in [0.717, 1.165) is 32.2 Å². The Bertz CT molecular complexity index is 281. The predicted octanol–water partition coefficient (Wildman–Crippen LogP) is 0.550. The fraction of sp³-hybridized carbons (Fsp3) is 0.846. The molecule has 0 aromatic rings. The minimum absolute atomic E-state index is 0.0374. The highest BCUT2D eigenvalue weighted by Gasteiger charge is 2.21. The molecule has 0 aromatic carbocycles. The van der Waals surface area contributed by atoms with Crippen LogP contribution in [0.4, 0.5) is 0 Å². The van der Waals surface area contributed by atoms with Crippen molar-refractivity contribution in [1.29, 1.82) is 0 Å². The molecule has 1 rings (SSSR count). The molecule has 5 nitrogen and oxygen atoms in total. The average molecular weight is 255 g/mol. The number of hydrogen-bond donors (Lipinski definition) is 3. The molecule has 18 heavy (non-hydrogen) atoms. The van der Waals surface area contributed by atoms with Crippen LogP contribution < -0.4 is 16.0 Å². The van der Waals surface area contributed by atoms with Crippen LogP contribution in [-0.2, 0) is 9.59 Å². The smallest absolute Gasteiger partial charge is 0.236 e. The molecule has 1 fully saturated rings. The van der Waals surface area contributed by atoms with Gasteiger partial charge < -0.3 is 16.0 Å². The normalized spacial score (nSPS) is 20.6. The monoisotopic (exact) mass is 255 g/mol. The number of hydrogen-bond acceptors (Lipinski definition) is 3. The van der Waals surface area contributed by atoms with E-state index in [1.165, 1.54) is 0 Å². The molecule has 2 atom stereocenters. The summed E-state index contributed by atoms with van der Waals surface area (Å²) in [5.74, 6) is 0.147. The van der Waals surface area contributed by atoms with Crippen LogP contribution in [0.5, 0.6) is 0 Å². The summed E-state index contributed by atoms with van der Waals surface area (Å²) in [7, 11) is 0. The van der Waals surface area contributed by atoms with Gasteiger partial charge in [-0.15, -0.1) is 0 Å². The van der Waals surface area contributed by atoms with Crippen molar-refractivity contribution >= 4 is 11.8 Å². The van der Waals surface area contributed by atoms with Gasteiger partial charge >= 0.3 is 0 Å². The number of rotatable bonds is 8. The third kappa shape index (κ3) is 5.49. The van der Waals surface area contributed by atoms with E-state index in [-0.39, 0.29) is 23.9 Å². The van der Waals surface area contributed by atoms with Crippen LogP contribution in [0.2, 0.25) is 0 Å². The van der Waals surface area contributed by atoms with E-state index in [1.807, 2.05) is 6.92 Å². The van der Waals surface area contributed by atoms with E-state index in [2.05, 4.69) is 22.9 Å². The van der Waals surface area contributed by atoms with E-state index in [1.54, 1.807) is 0 Å². The van der Waals surface area contributed by atoms with Gasteiger partial charge in [0.2, 0.25) is 11.8 Å². The zero-order valence-corrected chi connectivity index (χ0v) is 11.4. The molecular weight excluding hydrogens is 230 g/mol. The van der Waals surface area contributed by atoms with Crippen LogP contribution in [0.3, 0.4) is 0 Å². The van der Waals surface area contributed by atoms with E-state index < -0.39 is 0 Å². The minimum Gasteiger partial charge on any atom is -0.355 e. The maximum atomic E-state index is 11.7. The second kappa shape index (κ2) is 8.08. The largest absolute Gasteiger partial charge is 0.355 e. The molecule has 3 N–H and O–H groups in total. The second-order valence-corrected chi connectivity index (χ2v) is 4.93. The first-order chi connectivity index (χ1) is 8.63. The summed E-state index contributed by atoms with van der Waals surface area (Å²) in [4.78, 5) is 22.7. The molecule has 0 bridgehead atoms. The highest BCUT2D eigenvalue weighted by Crippen LogP contribution is 2.05. The summed E-state index contributed by atoms with van der Waals surface area (Å²) in [6, 6.07) is -0.0306. The first-order valence-corrected chi connectivity index (χ1v) is 6.94. The van der Waals surface area contributed by atoms with Crippen molar-refractivity contribution < 1.29 is 9.59 Å². The Morgan fingerprint density at radius 3 is 2.89 bits per heavy atom. The lowest BCUT2D eigenvalue weighted by Gasteiger charge is -2.17. The summed E-state index contributed by atoms with van der Waals surface area (Å²) < 4.78 is 0. The minimum atomic E-state index is -0.205. The van der Waals surface area contributed by atoms with Crippen molar-refractivity contribution in [1.82, 2.24) is 16.0 Å². The van der Waals surface area contributed by atoms with Crippen molar-refractivity contribution in [3.8, 4) is 0 Å². The summed E-state index contributed by atoms with van der Waals surface area (Å²) in [6.07, 6.45) is 4.80. The fourth-order valence-electron chi connectivity index (χ4n) is 1.98. The van der Waals surface area contributed by atoms with Crippen LogP contribution in [0.25, 0.3) is 0 Å². The molecule has 0 radical (unpaired) electrons. The molecule has 5 heteroatoms. The zero-order chi connectivity index (χ0) is 13.4. The molecule has 104 valence electrons. The van der Waals surface area contributed by atoms with Crippen LogP contribution in [0.15, 0.2) is 0 Å². The van der Waals surface area contributed by atoms with E-state index in [0.29, 0.717) is 13.0 Å². The average Bonchev–Trinajstić information content (AvgIpc) is 2.77. The van der Waals surface area contributed by atoms with Gasteiger partial charge in [-0.05, 0) is 19.8 Å². The van der Waals surface area contributed by atoms with E-state index in [4.69, 9.17) is 0 Å². The van der Waals surface area contributed by atoms with Crippen molar-refractivity contribution in [3.63, 3.8) is 0 Å². The lowest BCUT2D eigenvalue weighted by atomic mass is 10.2. The lowest BCUT2D eigenvalue weighted by molar-refractivity contribution is -0.122. The van der Waals surface area contributed by atoms with Gasteiger partial charge in [0.05, 0.1) is 6.04 Å². The van der Waals surface area contributed by atoms with Crippen LogP contribution in [0.1, 0.15) is 46.0 Å².